The molecule has 0 amide bonds. The van der Waals surface area contributed by atoms with Gasteiger partial charge in [-0.25, -0.2) is 4.79 Å². The molecular formula is C12H12N2O3. The van der Waals surface area contributed by atoms with Crippen LogP contribution in [0.3, 0.4) is 0 Å². The van der Waals surface area contributed by atoms with Crippen LogP contribution in [0.15, 0.2) is 22.6 Å². The minimum atomic E-state index is -1.20. The third kappa shape index (κ3) is 2.50. The summed E-state index contributed by atoms with van der Waals surface area (Å²) in [6.07, 6.45) is 0.451. The van der Waals surface area contributed by atoms with Crippen molar-refractivity contribution in [2.24, 2.45) is 0 Å². The fourth-order valence-corrected chi connectivity index (χ4v) is 1.62. The Morgan fingerprint density at radius 1 is 1.35 bits per heavy atom. The molecule has 0 atom stereocenters. The normalized spacial score (nSPS) is 10.5. The zero-order valence-corrected chi connectivity index (χ0v) is 9.60. The zero-order chi connectivity index (χ0) is 12.4. The third-order valence-corrected chi connectivity index (χ3v) is 2.49. The Bertz CT molecular complexity index is 561. The second-order valence-electron chi connectivity index (χ2n) is 3.91. The highest BCUT2D eigenvalue weighted by Crippen LogP contribution is 2.14. The van der Waals surface area contributed by atoms with Crippen molar-refractivity contribution in [3.8, 4) is 0 Å². The molecule has 17 heavy (non-hydrogen) atoms. The summed E-state index contributed by atoms with van der Waals surface area (Å²) in [6.45, 7) is 4.02. The van der Waals surface area contributed by atoms with Gasteiger partial charge in [0.25, 0.3) is 0 Å². The van der Waals surface area contributed by atoms with Gasteiger partial charge in [-0.2, -0.15) is 0 Å². The van der Waals surface area contributed by atoms with Gasteiger partial charge in [-0.1, -0.05) is 23.8 Å². The Morgan fingerprint density at radius 2 is 2.12 bits per heavy atom. The Balaban J connectivity index is 2.22. The van der Waals surface area contributed by atoms with Gasteiger partial charge in [-0.05, 0) is 25.0 Å². The number of carboxylic acids is 1. The highest BCUT2D eigenvalue weighted by Gasteiger charge is 2.13. The Labute approximate surface area is 98.1 Å². The highest BCUT2D eigenvalue weighted by molar-refractivity contribution is 5.81. The molecule has 0 fully saturated rings. The van der Waals surface area contributed by atoms with Gasteiger partial charge in [0.1, 0.15) is 0 Å². The van der Waals surface area contributed by atoms with E-state index in [9.17, 15) is 4.79 Å². The molecule has 0 aliphatic carbocycles. The standard InChI is InChI=1S/C12H12N2O3/c1-7-3-4-9(8(2)5-7)6-10-13-14-11(17-10)12(15)16/h3-5H,6H2,1-2H3,(H,15,16). The van der Waals surface area contributed by atoms with Crippen LogP contribution in [0.5, 0.6) is 0 Å². The predicted octanol–water partition coefficient (Wildman–Crippen LogP) is 1.98. The van der Waals surface area contributed by atoms with E-state index in [0.717, 1.165) is 11.1 Å². The monoisotopic (exact) mass is 232 g/mol. The molecule has 88 valence electrons. The van der Waals surface area contributed by atoms with E-state index in [0.29, 0.717) is 12.3 Å². The van der Waals surface area contributed by atoms with Crippen LogP contribution in [0, 0.1) is 13.8 Å². The molecule has 0 unspecified atom stereocenters. The molecule has 0 bridgehead atoms. The van der Waals surface area contributed by atoms with Crippen LogP contribution in [0.1, 0.15) is 33.3 Å². The molecule has 5 heteroatoms. The summed E-state index contributed by atoms with van der Waals surface area (Å²) in [7, 11) is 0. The van der Waals surface area contributed by atoms with Gasteiger partial charge in [0, 0.05) is 0 Å². The van der Waals surface area contributed by atoms with Crippen LogP contribution in [0.2, 0.25) is 0 Å². The van der Waals surface area contributed by atoms with Crippen LogP contribution in [0.4, 0.5) is 0 Å². The number of rotatable bonds is 3. The van der Waals surface area contributed by atoms with Crippen LogP contribution in [0.25, 0.3) is 0 Å². The zero-order valence-electron chi connectivity index (χ0n) is 9.60. The largest absolute Gasteiger partial charge is 0.474 e. The van der Waals surface area contributed by atoms with E-state index in [1.165, 1.54) is 5.56 Å². The fourth-order valence-electron chi connectivity index (χ4n) is 1.62. The minimum Gasteiger partial charge on any atom is -0.474 e. The van der Waals surface area contributed by atoms with Crippen LogP contribution >= 0.6 is 0 Å². The van der Waals surface area contributed by atoms with E-state index in [1.54, 1.807) is 0 Å². The van der Waals surface area contributed by atoms with E-state index < -0.39 is 5.97 Å². The SMILES string of the molecule is Cc1ccc(Cc2nnc(C(=O)O)o2)c(C)c1. The van der Waals surface area contributed by atoms with Crippen LogP contribution < -0.4 is 0 Å². The topological polar surface area (TPSA) is 76.2 Å². The predicted molar refractivity (Wildman–Crippen MR) is 60.0 cm³/mol. The number of aromatic carboxylic acids is 1. The highest BCUT2D eigenvalue weighted by atomic mass is 16.4. The molecule has 0 spiro atoms. The number of carboxylic acid groups (broad SMARTS) is 1. The van der Waals surface area contributed by atoms with Crippen molar-refractivity contribution in [2.75, 3.05) is 0 Å². The summed E-state index contributed by atoms with van der Waals surface area (Å²) in [4.78, 5) is 10.6. The average Bonchev–Trinajstić information content (AvgIpc) is 2.71. The molecule has 0 aliphatic rings. The Morgan fingerprint density at radius 3 is 2.71 bits per heavy atom. The summed E-state index contributed by atoms with van der Waals surface area (Å²) < 4.78 is 5.01. The fraction of sp³-hybridized carbons (Fsp3) is 0.250. The molecule has 0 saturated carbocycles. The second kappa shape index (κ2) is 4.37. The molecule has 2 aromatic rings. The van der Waals surface area contributed by atoms with Crippen molar-refractivity contribution in [3.63, 3.8) is 0 Å². The number of carbonyl (C=O) groups is 1. The molecule has 1 aromatic heterocycles. The lowest BCUT2D eigenvalue weighted by Gasteiger charge is -2.03. The van der Waals surface area contributed by atoms with E-state index >= 15 is 0 Å². The summed E-state index contributed by atoms with van der Waals surface area (Å²) in [5, 5.41) is 15.8. The van der Waals surface area contributed by atoms with Gasteiger partial charge in [-0.3, -0.25) is 0 Å². The Hall–Kier alpha value is -2.17. The average molecular weight is 232 g/mol. The van der Waals surface area contributed by atoms with Crippen molar-refractivity contribution in [1.29, 1.82) is 0 Å². The molecular weight excluding hydrogens is 220 g/mol. The van der Waals surface area contributed by atoms with Gasteiger partial charge in [0.05, 0.1) is 6.42 Å². The van der Waals surface area contributed by atoms with E-state index in [4.69, 9.17) is 9.52 Å². The summed E-state index contributed by atoms with van der Waals surface area (Å²) in [6, 6.07) is 6.04. The summed E-state index contributed by atoms with van der Waals surface area (Å²) in [5.41, 5.74) is 3.36. The number of benzene rings is 1. The maximum absolute atomic E-state index is 10.6. The maximum atomic E-state index is 10.6. The van der Waals surface area contributed by atoms with Crippen LogP contribution in [-0.2, 0) is 6.42 Å². The summed E-state index contributed by atoms with van der Waals surface area (Å²) in [5.74, 6) is -1.26. The first-order valence-electron chi connectivity index (χ1n) is 5.18. The first-order chi connectivity index (χ1) is 8.06. The van der Waals surface area contributed by atoms with Crippen LogP contribution in [-0.4, -0.2) is 21.3 Å². The molecule has 0 saturated heterocycles. The van der Waals surface area contributed by atoms with Gasteiger partial charge in [0.2, 0.25) is 5.89 Å². The van der Waals surface area contributed by atoms with Crippen molar-refractivity contribution in [1.82, 2.24) is 10.2 Å². The molecule has 1 N–H and O–H groups in total. The van der Waals surface area contributed by atoms with Gasteiger partial charge < -0.3 is 9.52 Å². The van der Waals surface area contributed by atoms with Crippen molar-refractivity contribution >= 4 is 5.97 Å². The number of aromatic nitrogens is 2. The third-order valence-electron chi connectivity index (χ3n) is 2.49. The number of hydrogen-bond acceptors (Lipinski definition) is 4. The first-order valence-corrected chi connectivity index (χ1v) is 5.18. The lowest BCUT2D eigenvalue weighted by atomic mass is 10.0. The van der Waals surface area contributed by atoms with Gasteiger partial charge in [-0.15, -0.1) is 10.2 Å². The Kier molecular flexibility index (Phi) is 2.91. The quantitative estimate of drug-likeness (QED) is 0.875. The smallest absolute Gasteiger partial charge is 0.393 e. The minimum absolute atomic E-state index is 0.314. The maximum Gasteiger partial charge on any atom is 0.393 e. The summed E-state index contributed by atoms with van der Waals surface area (Å²) >= 11 is 0. The number of aryl methyl sites for hydroxylation is 2. The van der Waals surface area contributed by atoms with E-state index in [1.807, 2.05) is 26.0 Å². The van der Waals surface area contributed by atoms with Crippen molar-refractivity contribution in [2.45, 2.75) is 20.3 Å². The molecule has 0 radical (unpaired) electrons. The van der Waals surface area contributed by atoms with Gasteiger partial charge >= 0.3 is 11.9 Å². The van der Waals surface area contributed by atoms with E-state index in [2.05, 4.69) is 16.3 Å². The lowest BCUT2D eigenvalue weighted by molar-refractivity contribution is 0.0651. The second-order valence-corrected chi connectivity index (χ2v) is 3.91. The van der Waals surface area contributed by atoms with E-state index in [-0.39, 0.29) is 5.89 Å². The number of nitrogens with zero attached hydrogens (tertiary/aromatic N) is 2. The molecule has 5 nitrogen and oxygen atoms in total. The first kappa shape index (κ1) is 11.3. The lowest BCUT2D eigenvalue weighted by Crippen LogP contribution is -1.95. The molecule has 1 heterocycles. The van der Waals surface area contributed by atoms with Crippen molar-refractivity contribution < 1.29 is 14.3 Å². The number of hydrogen-bond donors (Lipinski definition) is 1. The van der Waals surface area contributed by atoms with Crippen molar-refractivity contribution in [3.05, 3.63) is 46.7 Å². The molecule has 1 aromatic carbocycles. The molecule has 2 rings (SSSR count). The molecule has 0 aliphatic heterocycles. The van der Waals surface area contributed by atoms with Gasteiger partial charge in [0.15, 0.2) is 0 Å².